The van der Waals surface area contributed by atoms with Crippen molar-refractivity contribution in [3.8, 4) is 5.75 Å². The van der Waals surface area contributed by atoms with Crippen molar-refractivity contribution in [2.75, 3.05) is 12.4 Å². The van der Waals surface area contributed by atoms with Gasteiger partial charge in [-0.25, -0.2) is 9.59 Å². The second kappa shape index (κ2) is 8.33. The largest absolute Gasteiger partial charge is 0.497 e. The van der Waals surface area contributed by atoms with Crippen molar-refractivity contribution in [1.29, 1.82) is 0 Å². The summed E-state index contributed by atoms with van der Waals surface area (Å²) in [4.78, 5) is 44.0. The Kier molecular flexibility index (Phi) is 5.50. The van der Waals surface area contributed by atoms with Gasteiger partial charge in [0.15, 0.2) is 0 Å². The Morgan fingerprint density at radius 1 is 1.03 bits per heavy atom. The van der Waals surface area contributed by atoms with Crippen LogP contribution in [0.4, 0.5) is 5.69 Å². The molecule has 8 heteroatoms. The van der Waals surface area contributed by atoms with Crippen molar-refractivity contribution in [2.45, 2.75) is 40.0 Å². The Bertz CT molecular complexity index is 1450. The van der Waals surface area contributed by atoms with E-state index in [2.05, 4.69) is 31.2 Å². The number of benzene rings is 2. The lowest BCUT2D eigenvalue weighted by Crippen LogP contribution is -2.43. The van der Waals surface area contributed by atoms with Crippen molar-refractivity contribution in [2.24, 2.45) is 21.4 Å². The zero-order chi connectivity index (χ0) is 25.7. The van der Waals surface area contributed by atoms with Crippen molar-refractivity contribution >= 4 is 34.2 Å². The molecule has 1 amide bonds. The molecule has 0 saturated heterocycles. The van der Waals surface area contributed by atoms with Gasteiger partial charge in [0.25, 0.3) is 0 Å². The fourth-order valence-electron chi connectivity index (χ4n) is 5.80. The van der Waals surface area contributed by atoms with Crippen LogP contribution in [-0.2, 0) is 9.63 Å². The molecule has 1 heterocycles. The maximum atomic E-state index is 13.6. The number of hydrogen-bond donors (Lipinski definition) is 1. The number of hydrogen-bond acceptors (Lipinski definition) is 7. The summed E-state index contributed by atoms with van der Waals surface area (Å²) >= 11 is 0. The summed E-state index contributed by atoms with van der Waals surface area (Å²) < 4.78 is 10.4. The molecule has 2 atom stereocenters. The number of nitrogens with one attached hydrogen (secondary N) is 1. The number of oxime groups is 1. The number of carbonyl (C=O) groups is 2. The van der Waals surface area contributed by atoms with Gasteiger partial charge in [-0.15, -0.1) is 0 Å². The van der Waals surface area contributed by atoms with E-state index in [0.717, 1.165) is 6.42 Å². The Morgan fingerprint density at radius 2 is 1.75 bits per heavy atom. The number of fused-ring (bicyclic) bond motifs is 3. The summed E-state index contributed by atoms with van der Waals surface area (Å²) in [5.41, 5.74) is -0.900. The van der Waals surface area contributed by atoms with E-state index >= 15 is 0 Å². The van der Waals surface area contributed by atoms with Crippen LogP contribution < -0.4 is 15.7 Å². The number of amides is 1. The molecule has 1 aromatic heterocycles. The molecule has 2 unspecified atom stereocenters. The first-order chi connectivity index (χ1) is 17.1. The highest BCUT2D eigenvalue weighted by molar-refractivity contribution is 6.06. The Hall–Kier alpha value is -3.94. The summed E-state index contributed by atoms with van der Waals surface area (Å²) in [6.07, 6.45) is 1.78. The maximum absolute atomic E-state index is 13.6. The molecule has 3 aromatic rings. The maximum Gasteiger partial charge on any atom is 0.373 e. The monoisotopic (exact) mass is 488 g/mol. The van der Waals surface area contributed by atoms with Gasteiger partial charge in [-0.3, -0.25) is 4.79 Å². The van der Waals surface area contributed by atoms with Crippen molar-refractivity contribution in [3.63, 3.8) is 0 Å². The Morgan fingerprint density at radius 3 is 2.47 bits per heavy atom. The summed E-state index contributed by atoms with van der Waals surface area (Å²) in [6, 6.07) is 15.6. The van der Waals surface area contributed by atoms with Crippen LogP contribution in [0, 0.1) is 16.2 Å². The summed E-state index contributed by atoms with van der Waals surface area (Å²) in [6.45, 7) is 6.19. The molecule has 1 N–H and O–H groups in total. The number of ether oxygens (including phenoxy) is 1. The molecule has 36 heavy (non-hydrogen) atoms. The van der Waals surface area contributed by atoms with Gasteiger partial charge in [-0.05, 0) is 54.7 Å². The first-order valence-electron chi connectivity index (χ1n) is 11.9. The van der Waals surface area contributed by atoms with Crippen LogP contribution in [0.1, 0.15) is 50.4 Å². The average molecular weight is 489 g/mol. The molecule has 0 spiro atoms. The van der Waals surface area contributed by atoms with E-state index in [0.29, 0.717) is 41.0 Å². The number of nitrogens with zero attached hydrogens (tertiary/aromatic N) is 1. The first-order valence-corrected chi connectivity index (χ1v) is 11.9. The van der Waals surface area contributed by atoms with Gasteiger partial charge >= 0.3 is 11.6 Å². The number of methoxy groups -OCH3 is 1. The Labute approximate surface area is 208 Å². The minimum Gasteiger partial charge on any atom is -0.497 e. The molecule has 2 saturated carbocycles. The highest BCUT2D eigenvalue weighted by Gasteiger charge is 2.71. The molecule has 2 bridgehead atoms. The molecule has 5 rings (SSSR count). The van der Waals surface area contributed by atoms with E-state index in [9.17, 15) is 14.4 Å². The molecule has 2 aromatic carbocycles. The van der Waals surface area contributed by atoms with E-state index in [-0.39, 0.29) is 11.5 Å². The van der Waals surface area contributed by atoms with Gasteiger partial charge in [0, 0.05) is 22.9 Å². The van der Waals surface area contributed by atoms with Crippen LogP contribution in [0.15, 0.2) is 69.0 Å². The van der Waals surface area contributed by atoms with E-state index < -0.39 is 27.8 Å². The molecule has 186 valence electrons. The fourth-order valence-corrected chi connectivity index (χ4v) is 5.80. The predicted octanol–water partition coefficient (Wildman–Crippen LogP) is 5.17. The quantitative estimate of drug-likeness (QED) is 0.302. The lowest BCUT2D eigenvalue weighted by atomic mass is 9.64. The van der Waals surface area contributed by atoms with Gasteiger partial charge in [-0.2, -0.15) is 0 Å². The number of carbonyl (C=O) groups excluding carboxylic acids is 2. The number of anilines is 1. The van der Waals surface area contributed by atoms with Crippen molar-refractivity contribution in [3.05, 3.63) is 70.6 Å². The van der Waals surface area contributed by atoms with Crippen LogP contribution >= 0.6 is 0 Å². The van der Waals surface area contributed by atoms with Crippen LogP contribution in [0.5, 0.6) is 5.75 Å². The zero-order valence-corrected chi connectivity index (χ0v) is 20.7. The van der Waals surface area contributed by atoms with E-state index in [1.54, 1.807) is 55.6 Å². The third-order valence-electron chi connectivity index (χ3n) is 8.62. The highest BCUT2D eigenvalue weighted by Crippen LogP contribution is 2.71. The average Bonchev–Trinajstić information content (AvgIpc) is 3.18. The van der Waals surface area contributed by atoms with Crippen LogP contribution in [0.25, 0.3) is 11.0 Å². The summed E-state index contributed by atoms with van der Waals surface area (Å²) in [5, 5.41) is 7.88. The second-order valence-electron chi connectivity index (χ2n) is 10.3. The molecule has 2 fully saturated rings. The van der Waals surface area contributed by atoms with Crippen LogP contribution in [-0.4, -0.2) is 24.7 Å². The third kappa shape index (κ3) is 3.43. The second-order valence-corrected chi connectivity index (χ2v) is 10.3. The normalized spacial score (nSPS) is 25.2. The van der Waals surface area contributed by atoms with E-state index in [1.807, 2.05) is 0 Å². The van der Waals surface area contributed by atoms with E-state index in [1.165, 1.54) is 6.07 Å². The molecule has 2 aliphatic carbocycles. The fraction of sp³-hybridized carbons (Fsp3) is 0.357. The predicted molar refractivity (Wildman–Crippen MR) is 135 cm³/mol. The molecule has 2 aliphatic rings. The lowest BCUT2D eigenvalue weighted by Gasteiger charge is -2.39. The molecular formula is C28H28N2O6. The smallest absolute Gasteiger partial charge is 0.373 e. The van der Waals surface area contributed by atoms with Gasteiger partial charge in [-0.1, -0.05) is 44.1 Å². The summed E-state index contributed by atoms with van der Waals surface area (Å²) in [5.74, 6) is -0.270. The molecule has 0 aliphatic heterocycles. The molecular weight excluding hydrogens is 460 g/mol. The van der Waals surface area contributed by atoms with Crippen molar-refractivity contribution in [1.82, 2.24) is 0 Å². The van der Waals surface area contributed by atoms with Crippen LogP contribution in [0.3, 0.4) is 0 Å². The number of rotatable bonds is 5. The molecule has 0 radical (unpaired) electrons. The Balaban J connectivity index is 1.40. The lowest BCUT2D eigenvalue weighted by molar-refractivity contribution is -0.130. The highest BCUT2D eigenvalue weighted by atomic mass is 16.7. The van der Waals surface area contributed by atoms with Crippen LogP contribution in [0.2, 0.25) is 0 Å². The van der Waals surface area contributed by atoms with Gasteiger partial charge in [0.05, 0.1) is 18.2 Å². The topological polar surface area (TPSA) is 107 Å². The summed E-state index contributed by atoms with van der Waals surface area (Å²) in [7, 11) is 1.59. The standard InChI is InChI=1S/C28H28N2O6/c1-26(2)27(3)13-14-28(26,25(33)29-18-9-11-19(34-4)12-10-18)16-22(27)30-36-24(32)20-15-17-7-5-6-8-21(17)35-23(20)31/h5-12,15H,13-14,16H2,1-4H3,(H,29,33)/b30-22+. The first kappa shape index (κ1) is 23.8. The minimum absolute atomic E-state index is 0.0897. The van der Waals surface area contributed by atoms with Gasteiger partial charge < -0.3 is 19.3 Å². The van der Waals surface area contributed by atoms with Gasteiger partial charge in [0.2, 0.25) is 5.91 Å². The van der Waals surface area contributed by atoms with Gasteiger partial charge in [0.1, 0.15) is 16.9 Å². The minimum atomic E-state index is -0.886. The third-order valence-corrected chi connectivity index (χ3v) is 8.62. The molecule has 8 nitrogen and oxygen atoms in total. The van der Waals surface area contributed by atoms with E-state index in [4.69, 9.17) is 14.0 Å². The van der Waals surface area contributed by atoms with Crippen molar-refractivity contribution < 1.29 is 23.6 Å². The number of para-hydroxylation sites is 1. The SMILES string of the molecule is COc1ccc(NC(=O)C23CCC(C)(/C(=N/OC(=O)c4cc5ccccc5oc4=O)C2)C3(C)C)cc1. The zero-order valence-electron chi connectivity index (χ0n) is 20.7.